The van der Waals surface area contributed by atoms with Crippen LogP contribution in [-0.4, -0.2) is 6.54 Å². The first-order valence-electron chi connectivity index (χ1n) is 8.99. The van der Waals surface area contributed by atoms with Crippen molar-refractivity contribution >= 4 is 11.0 Å². The van der Waals surface area contributed by atoms with Crippen LogP contribution in [0.1, 0.15) is 41.5 Å². The summed E-state index contributed by atoms with van der Waals surface area (Å²) >= 11 is 0. The molecule has 1 heterocycles. The monoisotopic (exact) mass is 336 g/mol. The summed E-state index contributed by atoms with van der Waals surface area (Å²) in [7, 11) is 0. The topological polar surface area (TPSA) is 46.8 Å². The Kier molecular flexibility index (Phi) is 5.34. The molecule has 0 bridgehead atoms. The number of fused-ring (bicyclic) bond motifs is 1. The van der Waals surface area contributed by atoms with Crippen molar-refractivity contribution < 1.29 is 9.73 Å². The Morgan fingerprint density at radius 2 is 1.76 bits per heavy atom. The molecule has 3 aromatic rings. The third-order valence-electron chi connectivity index (χ3n) is 5.02. The second-order valence-corrected chi connectivity index (χ2v) is 6.77. The fourth-order valence-electron chi connectivity index (χ4n) is 3.36. The second-order valence-electron chi connectivity index (χ2n) is 6.77. The van der Waals surface area contributed by atoms with E-state index in [4.69, 9.17) is 4.42 Å². The third kappa shape index (κ3) is 3.99. The zero-order valence-electron chi connectivity index (χ0n) is 15.2. The third-order valence-corrected chi connectivity index (χ3v) is 5.02. The molecule has 0 aliphatic heterocycles. The number of benzene rings is 2. The summed E-state index contributed by atoms with van der Waals surface area (Å²) in [6.45, 7) is 8.15. The number of quaternary nitrogens is 1. The van der Waals surface area contributed by atoms with Crippen LogP contribution in [0.2, 0.25) is 0 Å². The van der Waals surface area contributed by atoms with E-state index in [0.29, 0.717) is 11.5 Å². The van der Waals surface area contributed by atoms with Gasteiger partial charge in [0.25, 0.3) is 0 Å². The largest absolute Gasteiger partial charge is 0.423 e. The van der Waals surface area contributed by atoms with E-state index < -0.39 is 0 Å². The van der Waals surface area contributed by atoms with Crippen molar-refractivity contribution in [3.8, 4) is 0 Å². The Morgan fingerprint density at radius 1 is 1.04 bits per heavy atom. The molecule has 0 aliphatic rings. The molecule has 0 spiro atoms. The Hall–Kier alpha value is -2.39. The minimum atomic E-state index is -0.269. The van der Waals surface area contributed by atoms with Gasteiger partial charge < -0.3 is 9.73 Å². The number of rotatable bonds is 6. The Morgan fingerprint density at radius 3 is 2.48 bits per heavy atom. The van der Waals surface area contributed by atoms with E-state index in [1.54, 1.807) is 6.07 Å². The lowest BCUT2D eigenvalue weighted by Gasteiger charge is -2.14. The van der Waals surface area contributed by atoms with Crippen molar-refractivity contribution in [3.63, 3.8) is 0 Å². The molecule has 1 aromatic heterocycles. The van der Waals surface area contributed by atoms with Gasteiger partial charge in [0.15, 0.2) is 0 Å². The molecule has 3 heteroatoms. The number of hydrogen-bond acceptors (Lipinski definition) is 2. The summed E-state index contributed by atoms with van der Waals surface area (Å²) in [5.41, 5.74) is 5.22. The number of aryl methyl sites for hydroxylation is 2. The van der Waals surface area contributed by atoms with E-state index in [1.165, 1.54) is 11.1 Å². The first-order chi connectivity index (χ1) is 12.1. The van der Waals surface area contributed by atoms with E-state index in [2.05, 4.69) is 55.6 Å². The van der Waals surface area contributed by atoms with Crippen LogP contribution in [0.3, 0.4) is 0 Å². The van der Waals surface area contributed by atoms with Crippen LogP contribution in [0.4, 0.5) is 0 Å². The van der Waals surface area contributed by atoms with E-state index in [1.807, 2.05) is 13.0 Å². The van der Waals surface area contributed by atoms with Crippen molar-refractivity contribution in [2.45, 2.75) is 39.7 Å². The number of nitrogens with two attached hydrogens (primary N) is 1. The first-order valence-corrected chi connectivity index (χ1v) is 8.99. The highest BCUT2D eigenvalue weighted by Crippen LogP contribution is 2.21. The van der Waals surface area contributed by atoms with E-state index in [-0.39, 0.29) is 5.63 Å². The van der Waals surface area contributed by atoms with Crippen molar-refractivity contribution in [2.75, 3.05) is 6.54 Å². The summed E-state index contributed by atoms with van der Waals surface area (Å²) in [4.78, 5) is 11.9. The molecule has 0 amide bonds. The van der Waals surface area contributed by atoms with Gasteiger partial charge in [-0.2, -0.15) is 0 Å². The summed E-state index contributed by atoms with van der Waals surface area (Å²) in [6, 6.07) is 16.4. The summed E-state index contributed by atoms with van der Waals surface area (Å²) < 4.78 is 5.39. The standard InChI is InChI=1S/C22H25NO2/c1-4-17(18-8-6-5-7-9-18)13-23-14-19-12-22(24)25-21-11-16(3)15(2)10-20(19)21/h5-12,17,23H,4,13-14H2,1-3H3/p+1/t17-/m1/s1. The Balaban J connectivity index is 1.79. The molecular weight excluding hydrogens is 310 g/mol. The molecule has 1 atom stereocenters. The quantitative estimate of drug-likeness (QED) is 0.698. The highest BCUT2D eigenvalue weighted by Gasteiger charge is 2.13. The maximum atomic E-state index is 11.9. The van der Waals surface area contributed by atoms with Gasteiger partial charge in [-0.15, -0.1) is 0 Å². The molecule has 2 aromatic carbocycles. The molecule has 25 heavy (non-hydrogen) atoms. The molecule has 0 radical (unpaired) electrons. The van der Waals surface area contributed by atoms with Crippen LogP contribution in [-0.2, 0) is 6.54 Å². The maximum Gasteiger partial charge on any atom is 0.336 e. The lowest BCUT2D eigenvalue weighted by molar-refractivity contribution is -0.672. The predicted octanol–water partition coefficient (Wildman–Crippen LogP) is 3.67. The average molecular weight is 336 g/mol. The van der Waals surface area contributed by atoms with E-state index in [9.17, 15) is 4.79 Å². The van der Waals surface area contributed by atoms with Gasteiger partial charge in [0.05, 0.1) is 6.54 Å². The van der Waals surface area contributed by atoms with Gasteiger partial charge in [0, 0.05) is 22.9 Å². The summed E-state index contributed by atoms with van der Waals surface area (Å²) in [5.74, 6) is 0.525. The lowest BCUT2D eigenvalue weighted by atomic mass is 9.96. The fraction of sp³-hybridized carbons (Fsp3) is 0.318. The molecular formula is C22H26NO2+. The zero-order chi connectivity index (χ0) is 17.8. The molecule has 0 aliphatic carbocycles. The van der Waals surface area contributed by atoms with Crippen LogP contribution >= 0.6 is 0 Å². The summed E-state index contributed by atoms with van der Waals surface area (Å²) in [5, 5.41) is 3.34. The van der Waals surface area contributed by atoms with Gasteiger partial charge >= 0.3 is 5.63 Å². The SMILES string of the molecule is CC[C@H](C[NH2+]Cc1cc(=O)oc2cc(C)c(C)cc12)c1ccccc1. The minimum absolute atomic E-state index is 0.269. The highest BCUT2D eigenvalue weighted by molar-refractivity contribution is 5.81. The fourth-order valence-corrected chi connectivity index (χ4v) is 3.36. The van der Waals surface area contributed by atoms with E-state index in [0.717, 1.165) is 36.0 Å². The van der Waals surface area contributed by atoms with Crippen molar-refractivity contribution in [2.24, 2.45) is 0 Å². The van der Waals surface area contributed by atoms with Gasteiger partial charge in [-0.25, -0.2) is 4.79 Å². The average Bonchev–Trinajstić information content (AvgIpc) is 2.61. The van der Waals surface area contributed by atoms with Crippen molar-refractivity contribution in [1.82, 2.24) is 0 Å². The van der Waals surface area contributed by atoms with Crippen LogP contribution in [0.15, 0.2) is 57.7 Å². The highest BCUT2D eigenvalue weighted by atomic mass is 16.4. The number of hydrogen-bond donors (Lipinski definition) is 1. The minimum Gasteiger partial charge on any atom is -0.423 e. The maximum absolute atomic E-state index is 11.9. The molecule has 0 unspecified atom stereocenters. The zero-order valence-corrected chi connectivity index (χ0v) is 15.2. The summed E-state index contributed by atoms with van der Waals surface area (Å²) in [6.07, 6.45) is 1.11. The Labute approximate surface area is 148 Å². The van der Waals surface area contributed by atoms with Crippen molar-refractivity contribution in [3.05, 3.63) is 81.2 Å². The van der Waals surface area contributed by atoms with E-state index >= 15 is 0 Å². The first kappa shape index (κ1) is 17.4. The smallest absolute Gasteiger partial charge is 0.336 e. The van der Waals surface area contributed by atoms with Gasteiger partial charge in [0.1, 0.15) is 12.1 Å². The van der Waals surface area contributed by atoms with Gasteiger partial charge in [-0.05, 0) is 49.1 Å². The predicted molar refractivity (Wildman–Crippen MR) is 102 cm³/mol. The normalized spacial score (nSPS) is 12.4. The van der Waals surface area contributed by atoms with Crippen LogP contribution < -0.4 is 10.9 Å². The molecule has 130 valence electrons. The second kappa shape index (κ2) is 7.66. The van der Waals surface area contributed by atoms with Gasteiger partial charge in [0.2, 0.25) is 0 Å². The molecule has 2 N–H and O–H groups in total. The molecule has 0 saturated carbocycles. The Bertz CT molecular complexity index is 912. The van der Waals surface area contributed by atoms with Crippen molar-refractivity contribution in [1.29, 1.82) is 0 Å². The van der Waals surface area contributed by atoms with Crippen LogP contribution in [0.5, 0.6) is 0 Å². The van der Waals surface area contributed by atoms with Crippen LogP contribution in [0.25, 0.3) is 11.0 Å². The lowest BCUT2D eigenvalue weighted by Crippen LogP contribution is -2.83. The van der Waals surface area contributed by atoms with Crippen LogP contribution in [0, 0.1) is 13.8 Å². The molecule has 3 nitrogen and oxygen atoms in total. The molecule has 0 saturated heterocycles. The molecule has 0 fully saturated rings. The van der Waals surface area contributed by atoms with Gasteiger partial charge in [-0.1, -0.05) is 37.3 Å². The molecule has 3 rings (SSSR count). The van der Waals surface area contributed by atoms with Gasteiger partial charge in [-0.3, -0.25) is 0 Å².